The zero-order chi connectivity index (χ0) is 10.7. The Morgan fingerprint density at radius 2 is 2.40 bits per heavy atom. The van der Waals surface area contributed by atoms with Crippen LogP contribution in [0, 0.1) is 0 Å². The van der Waals surface area contributed by atoms with Crippen LogP contribution in [0.4, 0.5) is 0 Å². The van der Waals surface area contributed by atoms with Crippen LogP contribution in [0.3, 0.4) is 0 Å². The number of nitrogens with zero attached hydrogens (tertiary/aromatic N) is 2. The summed E-state index contributed by atoms with van der Waals surface area (Å²) in [5, 5.41) is 7.12. The molecule has 2 rings (SSSR count). The van der Waals surface area contributed by atoms with Crippen LogP contribution in [0.15, 0.2) is 4.52 Å². The molecule has 1 N–H and O–H groups in total. The molecule has 1 aliphatic rings. The summed E-state index contributed by atoms with van der Waals surface area (Å²) in [6.07, 6.45) is 3.13. The fourth-order valence-corrected chi connectivity index (χ4v) is 1.51. The van der Waals surface area contributed by atoms with Crippen molar-refractivity contribution in [3.8, 4) is 0 Å². The van der Waals surface area contributed by atoms with Gasteiger partial charge in [-0.05, 0) is 19.9 Å². The van der Waals surface area contributed by atoms with Gasteiger partial charge in [-0.3, -0.25) is 0 Å². The molecule has 5 heteroatoms. The molecule has 1 aromatic heterocycles. The third-order valence-electron chi connectivity index (χ3n) is 2.62. The molecule has 1 saturated carbocycles. The molecule has 0 saturated heterocycles. The minimum Gasteiger partial charge on any atom is -0.383 e. The van der Waals surface area contributed by atoms with Crippen LogP contribution in [-0.4, -0.2) is 36.9 Å². The highest BCUT2D eigenvalue weighted by Crippen LogP contribution is 2.38. The molecule has 1 aliphatic carbocycles. The molecule has 1 unspecified atom stereocenters. The molecule has 1 aromatic rings. The van der Waals surface area contributed by atoms with Gasteiger partial charge in [0, 0.05) is 25.5 Å². The van der Waals surface area contributed by atoms with Crippen molar-refractivity contribution in [2.45, 2.75) is 31.2 Å². The number of rotatable bonds is 6. The largest absolute Gasteiger partial charge is 0.383 e. The Hall–Kier alpha value is -0.940. The van der Waals surface area contributed by atoms with Gasteiger partial charge in [-0.15, -0.1) is 0 Å². The molecule has 1 fully saturated rings. The third kappa shape index (κ3) is 2.76. The first-order chi connectivity index (χ1) is 7.33. The Kier molecular flexibility index (Phi) is 3.33. The topological polar surface area (TPSA) is 60.2 Å². The Morgan fingerprint density at radius 1 is 1.60 bits per heavy atom. The van der Waals surface area contributed by atoms with E-state index in [2.05, 4.69) is 15.5 Å². The van der Waals surface area contributed by atoms with E-state index in [1.165, 1.54) is 12.8 Å². The first-order valence-electron chi connectivity index (χ1n) is 5.32. The van der Waals surface area contributed by atoms with Crippen molar-refractivity contribution in [1.82, 2.24) is 15.5 Å². The van der Waals surface area contributed by atoms with Crippen molar-refractivity contribution in [2.75, 3.05) is 20.8 Å². The van der Waals surface area contributed by atoms with Crippen molar-refractivity contribution >= 4 is 0 Å². The summed E-state index contributed by atoms with van der Waals surface area (Å²) in [5.74, 6) is 2.13. The zero-order valence-electron chi connectivity index (χ0n) is 9.19. The van der Waals surface area contributed by atoms with Crippen LogP contribution in [-0.2, 0) is 11.2 Å². The Balaban J connectivity index is 1.90. The van der Waals surface area contributed by atoms with Crippen molar-refractivity contribution in [2.24, 2.45) is 0 Å². The van der Waals surface area contributed by atoms with Gasteiger partial charge in [-0.25, -0.2) is 0 Å². The van der Waals surface area contributed by atoms with E-state index >= 15 is 0 Å². The summed E-state index contributed by atoms with van der Waals surface area (Å²) in [7, 11) is 3.59. The number of ether oxygens (including phenoxy) is 1. The maximum Gasteiger partial charge on any atom is 0.228 e. The molecule has 0 aromatic carbocycles. The fourth-order valence-electron chi connectivity index (χ4n) is 1.51. The zero-order valence-corrected chi connectivity index (χ0v) is 9.19. The first-order valence-corrected chi connectivity index (χ1v) is 5.32. The number of aromatic nitrogens is 2. The smallest absolute Gasteiger partial charge is 0.228 e. The molecule has 15 heavy (non-hydrogen) atoms. The Bertz CT molecular complexity index is 309. The lowest BCUT2D eigenvalue weighted by molar-refractivity contribution is 0.165. The van der Waals surface area contributed by atoms with Crippen molar-refractivity contribution in [3.05, 3.63) is 11.7 Å². The molecule has 1 atom stereocenters. The average molecular weight is 211 g/mol. The lowest BCUT2D eigenvalue weighted by Gasteiger charge is -2.11. The Morgan fingerprint density at radius 3 is 3.00 bits per heavy atom. The lowest BCUT2D eigenvalue weighted by atomic mass is 10.2. The number of likely N-dealkylation sites (N-methyl/N-ethyl adjacent to an activating group) is 1. The molecule has 5 nitrogen and oxygen atoms in total. The van der Waals surface area contributed by atoms with E-state index in [0.717, 1.165) is 12.2 Å². The van der Waals surface area contributed by atoms with E-state index in [1.54, 1.807) is 7.11 Å². The molecule has 84 valence electrons. The summed E-state index contributed by atoms with van der Waals surface area (Å²) in [4.78, 5) is 4.37. The van der Waals surface area contributed by atoms with Gasteiger partial charge >= 0.3 is 0 Å². The van der Waals surface area contributed by atoms with Gasteiger partial charge in [0.25, 0.3) is 0 Å². The van der Waals surface area contributed by atoms with Crippen LogP contribution in [0.25, 0.3) is 0 Å². The van der Waals surface area contributed by atoms with E-state index in [1.807, 2.05) is 7.05 Å². The van der Waals surface area contributed by atoms with Crippen molar-refractivity contribution in [3.63, 3.8) is 0 Å². The van der Waals surface area contributed by atoms with Crippen LogP contribution in [0.2, 0.25) is 0 Å². The van der Waals surface area contributed by atoms with Crippen molar-refractivity contribution < 1.29 is 9.26 Å². The van der Waals surface area contributed by atoms with Crippen LogP contribution in [0.1, 0.15) is 30.5 Å². The number of hydrogen-bond donors (Lipinski definition) is 1. The molecular formula is C10H17N3O2. The molecule has 0 aliphatic heterocycles. The van der Waals surface area contributed by atoms with Crippen LogP contribution >= 0.6 is 0 Å². The summed E-state index contributed by atoms with van der Waals surface area (Å²) < 4.78 is 10.3. The monoisotopic (exact) mass is 211 g/mol. The predicted molar refractivity (Wildman–Crippen MR) is 54.7 cm³/mol. The SMILES string of the molecule is CNC(COC)Cc1nc(C2CC2)no1. The maximum atomic E-state index is 5.19. The molecular weight excluding hydrogens is 194 g/mol. The van der Waals surface area contributed by atoms with Gasteiger partial charge in [0.2, 0.25) is 5.89 Å². The van der Waals surface area contributed by atoms with Gasteiger partial charge in [-0.1, -0.05) is 5.16 Å². The van der Waals surface area contributed by atoms with E-state index in [9.17, 15) is 0 Å². The summed E-state index contributed by atoms with van der Waals surface area (Å²) in [5.41, 5.74) is 0. The van der Waals surface area contributed by atoms with E-state index in [-0.39, 0.29) is 6.04 Å². The van der Waals surface area contributed by atoms with E-state index in [0.29, 0.717) is 18.4 Å². The normalized spacial score (nSPS) is 18.0. The molecule has 0 spiro atoms. The molecule has 0 radical (unpaired) electrons. The number of hydrogen-bond acceptors (Lipinski definition) is 5. The van der Waals surface area contributed by atoms with Crippen molar-refractivity contribution in [1.29, 1.82) is 0 Å². The Labute approximate surface area is 89.2 Å². The van der Waals surface area contributed by atoms with Gasteiger partial charge in [0.15, 0.2) is 5.82 Å². The number of methoxy groups -OCH3 is 1. The summed E-state index contributed by atoms with van der Waals surface area (Å²) in [6, 6.07) is 0.238. The quantitative estimate of drug-likeness (QED) is 0.751. The molecule has 0 bridgehead atoms. The fraction of sp³-hybridized carbons (Fsp3) is 0.800. The maximum absolute atomic E-state index is 5.19. The minimum atomic E-state index is 0.238. The third-order valence-corrected chi connectivity index (χ3v) is 2.62. The first kappa shape index (κ1) is 10.6. The van der Waals surface area contributed by atoms with Crippen LogP contribution < -0.4 is 5.32 Å². The average Bonchev–Trinajstić information content (AvgIpc) is 2.99. The predicted octanol–water partition coefficient (Wildman–Crippen LogP) is 0.724. The second-order valence-corrected chi connectivity index (χ2v) is 3.97. The van der Waals surface area contributed by atoms with Gasteiger partial charge in [-0.2, -0.15) is 4.98 Å². The summed E-state index contributed by atoms with van der Waals surface area (Å²) in [6.45, 7) is 0.650. The highest BCUT2D eigenvalue weighted by molar-refractivity contribution is 5.03. The van der Waals surface area contributed by atoms with E-state index in [4.69, 9.17) is 9.26 Å². The van der Waals surface area contributed by atoms with Crippen LogP contribution in [0.5, 0.6) is 0 Å². The second-order valence-electron chi connectivity index (χ2n) is 3.97. The van der Waals surface area contributed by atoms with E-state index < -0.39 is 0 Å². The summed E-state index contributed by atoms with van der Waals surface area (Å²) >= 11 is 0. The molecule has 0 amide bonds. The standard InChI is InChI=1S/C10H17N3O2/c1-11-8(6-14-2)5-9-12-10(13-15-9)7-3-4-7/h7-8,11H,3-6H2,1-2H3. The van der Waals surface area contributed by atoms with Gasteiger partial charge in [0.1, 0.15) is 0 Å². The second kappa shape index (κ2) is 4.72. The van der Waals surface area contributed by atoms with Gasteiger partial charge in [0.05, 0.1) is 6.61 Å². The lowest BCUT2D eigenvalue weighted by Crippen LogP contribution is -2.32. The minimum absolute atomic E-state index is 0.238. The highest BCUT2D eigenvalue weighted by atomic mass is 16.5. The highest BCUT2D eigenvalue weighted by Gasteiger charge is 2.29. The van der Waals surface area contributed by atoms with Gasteiger partial charge < -0.3 is 14.6 Å². The number of nitrogens with one attached hydrogen (secondary N) is 1. The molecule has 1 heterocycles.